The zero-order chi connectivity index (χ0) is 19.7. The number of aromatic nitrogens is 1. The van der Waals surface area contributed by atoms with Gasteiger partial charge in [0, 0.05) is 34.8 Å². The molecule has 1 aliphatic heterocycles. The van der Waals surface area contributed by atoms with Gasteiger partial charge in [0.05, 0.1) is 16.8 Å². The van der Waals surface area contributed by atoms with Crippen LogP contribution < -0.4 is 5.32 Å². The van der Waals surface area contributed by atoms with Gasteiger partial charge in [0.1, 0.15) is 5.82 Å². The molecule has 0 aliphatic carbocycles. The van der Waals surface area contributed by atoms with E-state index in [4.69, 9.17) is 0 Å². The van der Waals surface area contributed by atoms with Gasteiger partial charge in [0.15, 0.2) is 0 Å². The Balaban J connectivity index is 1.83. The number of nitrogens with zero attached hydrogens (tertiary/aromatic N) is 2. The number of carbonyl (C=O) groups is 1. The number of likely N-dealkylation sites (tertiary alicyclic amines) is 1. The molecular formula is C22H21BrFN3O. The van der Waals surface area contributed by atoms with E-state index in [9.17, 15) is 9.18 Å². The highest BCUT2D eigenvalue weighted by molar-refractivity contribution is 9.10. The first kappa shape index (κ1) is 18.9. The number of pyridine rings is 1. The van der Waals surface area contributed by atoms with Crippen LogP contribution in [0.4, 0.5) is 15.8 Å². The number of anilines is 2. The SMILES string of the molecule is Cc1cc(Nc2c(C(=O)N3CCCCC3)cnc3ccc(F)cc23)ccc1Br. The number of rotatable bonds is 3. The minimum Gasteiger partial charge on any atom is -0.354 e. The zero-order valence-electron chi connectivity index (χ0n) is 15.6. The van der Waals surface area contributed by atoms with Crippen molar-refractivity contribution < 1.29 is 9.18 Å². The number of halogens is 2. The van der Waals surface area contributed by atoms with E-state index in [1.165, 1.54) is 12.1 Å². The molecule has 144 valence electrons. The average molecular weight is 442 g/mol. The largest absolute Gasteiger partial charge is 0.354 e. The Kier molecular flexibility index (Phi) is 5.31. The number of fused-ring (bicyclic) bond motifs is 1. The van der Waals surface area contributed by atoms with Crippen LogP contribution in [0.2, 0.25) is 0 Å². The summed E-state index contributed by atoms with van der Waals surface area (Å²) in [6.45, 7) is 3.49. The van der Waals surface area contributed by atoms with Gasteiger partial charge in [-0.1, -0.05) is 15.9 Å². The van der Waals surface area contributed by atoms with Gasteiger partial charge in [0.2, 0.25) is 0 Å². The summed E-state index contributed by atoms with van der Waals surface area (Å²) in [6.07, 6.45) is 4.77. The smallest absolute Gasteiger partial charge is 0.257 e. The second-order valence-corrected chi connectivity index (χ2v) is 8.00. The Morgan fingerprint density at radius 3 is 2.68 bits per heavy atom. The molecule has 1 amide bonds. The van der Waals surface area contributed by atoms with Crippen molar-refractivity contribution in [1.82, 2.24) is 9.88 Å². The molecule has 1 fully saturated rings. The van der Waals surface area contributed by atoms with Crippen molar-refractivity contribution in [2.24, 2.45) is 0 Å². The summed E-state index contributed by atoms with van der Waals surface area (Å²) in [6, 6.07) is 10.3. The van der Waals surface area contributed by atoms with Gasteiger partial charge in [-0.25, -0.2) is 4.39 Å². The van der Waals surface area contributed by atoms with Crippen molar-refractivity contribution in [3.05, 3.63) is 64.0 Å². The summed E-state index contributed by atoms with van der Waals surface area (Å²) in [5, 5.41) is 3.96. The number of amides is 1. The van der Waals surface area contributed by atoms with Crippen LogP contribution in [-0.2, 0) is 0 Å². The summed E-state index contributed by atoms with van der Waals surface area (Å²) >= 11 is 3.51. The predicted molar refractivity (Wildman–Crippen MR) is 114 cm³/mol. The summed E-state index contributed by atoms with van der Waals surface area (Å²) in [5.41, 5.74) is 3.62. The van der Waals surface area contributed by atoms with Gasteiger partial charge in [-0.15, -0.1) is 0 Å². The number of piperidine rings is 1. The molecule has 0 radical (unpaired) electrons. The lowest BCUT2D eigenvalue weighted by Crippen LogP contribution is -2.36. The van der Waals surface area contributed by atoms with Gasteiger partial charge in [-0.3, -0.25) is 9.78 Å². The van der Waals surface area contributed by atoms with E-state index < -0.39 is 0 Å². The minimum atomic E-state index is -0.355. The molecule has 4 nitrogen and oxygen atoms in total. The molecule has 0 spiro atoms. The molecule has 1 saturated heterocycles. The van der Waals surface area contributed by atoms with Gasteiger partial charge in [-0.05, 0) is 68.1 Å². The molecule has 0 unspecified atom stereocenters. The third-order valence-electron chi connectivity index (χ3n) is 5.13. The molecule has 0 bridgehead atoms. The van der Waals surface area contributed by atoms with Crippen LogP contribution in [0.3, 0.4) is 0 Å². The number of benzene rings is 2. The highest BCUT2D eigenvalue weighted by atomic mass is 79.9. The molecule has 2 aromatic carbocycles. The first-order valence-corrected chi connectivity index (χ1v) is 10.2. The second kappa shape index (κ2) is 7.87. The van der Waals surface area contributed by atoms with Crippen LogP contribution in [-0.4, -0.2) is 28.9 Å². The predicted octanol–water partition coefficient (Wildman–Crippen LogP) is 5.81. The number of nitrogens with one attached hydrogen (secondary N) is 1. The van der Waals surface area contributed by atoms with Gasteiger partial charge < -0.3 is 10.2 Å². The molecule has 6 heteroatoms. The maximum atomic E-state index is 14.0. The standard InChI is InChI=1S/C22H21BrFN3O/c1-14-11-16(6-7-19(14)23)26-21-17-12-15(24)5-8-20(17)25-13-18(21)22(28)27-9-3-2-4-10-27/h5-8,11-13H,2-4,9-10H2,1H3,(H,25,26). The van der Waals surface area contributed by atoms with Crippen molar-refractivity contribution >= 4 is 44.1 Å². The lowest BCUT2D eigenvalue weighted by atomic mass is 10.1. The van der Waals surface area contributed by atoms with Gasteiger partial charge in [-0.2, -0.15) is 0 Å². The molecule has 4 rings (SSSR count). The molecule has 1 aromatic heterocycles. The van der Waals surface area contributed by atoms with Gasteiger partial charge >= 0.3 is 0 Å². The highest BCUT2D eigenvalue weighted by Crippen LogP contribution is 2.32. The van der Waals surface area contributed by atoms with Crippen molar-refractivity contribution in [2.75, 3.05) is 18.4 Å². The molecule has 1 aliphatic rings. The molecule has 0 atom stereocenters. The monoisotopic (exact) mass is 441 g/mol. The quantitative estimate of drug-likeness (QED) is 0.557. The van der Waals surface area contributed by atoms with E-state index in [-0.39, 0.29) is 11.7 Å². The Morgan fingerprint density at radius 2 is 1.93 bits per heavy atom. The van der Waals surface area contributed by atoms with Crippen molar-refractivity contribution in [2.45, 2.75) is 26.2 Å². The maximum Gasteiger partial charge on any atom is 0.257 e. The maximum absolute atomic E-state index is 14.0. The van der Waals surface area contributed by atoms with E-state index in [1.54, 1.807) is 12.3 Å². The summed E-state index contributed by atoms with van der Waals surface area (Å²) < 4.78 is 15.0. The Bertz CT molecular complexity index is 1050. The van der Waals surface area contributed by atoms with E-state index in [0.717, 1.165) is 48.1 Å². The van der Waals surface area contributed by atoms with E-state index in [1.807, 2.05) is 30.0 Å². The molecule has 0 saturated carbocycles. The van der Waals surface area contributed by atoms with Crippen LogP contribution >= 0.6 is 15.9 Å². The lowest BCUT2D eigenvalue weighted by Gasteiger charge is -2.27. The van der Waals surface area contributed by atoms with Crippen molar-refractivity contribution in [1.29, 1.82) is 0 Å². The number of aryl methyl sites for hydroxylation is 1. The fourth-order valence-corrected chi connectivity index (χ4v) is 3.84. The molecule has 2 heterocycles. The molecular weight excluding hydrogens is 421 g/mol. The molecule has 1 N–H and O–H groups in total. The lowest BCUT2D eigenvalue weighted by molar-refractivity contribution is 0.0725. The van der Waals surface area contributed by atoms with E-state index >= 15 is 0 Å². The Labute approximate surface area is 171 Å². The van der Waals surface area contributed by atoms with Crippen LogP contribution in [0.5, 0.6) is 0 Å². The van der Waals surface area contributed by atoms with Crippen LogP contribution in [0.15, 0.2) is 47.1 Å². The van der Waals surface area contributed by atoms with E-state index in [0.29, 0.717) is 22.2 Å². The van der Waals surface area contributed by atoms with Crippen LogP contribution in [0, 0.1) is 12.7 Å². The first-order valence-electron chi connectivity index (χ1n) is 9.43. The molecule has 28 heavy (non-hydrogen) atoms. The van der Waals surface area contributed by atoms with Gasteiger partial charge in [0.25, 0.3) is 5.91 Å². The Hall–Kier alpha value is -2.47. The Morgan fingerprint density at radius 1 is 1.14 bits per heavy atom. The second-order valence-electron chi connectivity index (χ2n) is 7.15. The topological polar surface area (TPSA) is 45.2 Å². The number of carbonyl (C=O) groups excluding carboxylic acids is 1. The fraction of sp³-hybridized carbons (Fsp3) is 0.273. The third-order valence-corrected chi connectivity index (χ3v) is 6.02. The summed E-state index contributed by atoms with van der Waals surface area (Å²) in [7, 11) is 0. The number of hydrogen-bond acceptors (Lipinski definition) is 3. The first-order chi connectivity index (χ1) is 13.5. The summed E-state index contributed by atoms with van der Waals surface area (Å²) in [5.74, 6) is -0.415. The third kappa shape index (κ3) is 3.74. The highest BCUT2D eigenvalue weighted by Gasteiger charge is 2.23. The zero-order valence-corrected chi connectivity index (χ0v) is 17.2. The number of hydrogen-bond donors (Lipinski definition) is 1. The van der Waals surface area contributed by atoms with Crippen molar-refractivity contribution in [3.63, 3.8) is 0 Å². The van der Waals surface area contributed by atoms with Crippen LogP contribution in [0.1, 0.15) is 35.2 Å². The summed E-state index contributed by atoms with van der Waals surface area (Å²) in [4.78, 5) is 19.5. The normalized spacial score (nSPS) is 14.3. The van der Waals surface area contributed by atoms with Crippen LogP contribution in [0.25, 0.3) is 10.9 Å². The molecule has 3 aromatic rings. The van der Waals surface area contributed by atoms with E-state index in [2.05, 4.69) is 26.2 Å². The average Bonchev–Trinajstić information content (AvgIpc) is 2.71. The fourth-order valence-electron chi connectivity index (χ4n) is 3.60. The van der Waals surface area contributed by atoms with Crippen molar-refractivity contribution in [3.8, 4) is 0 Å². The minimum absolute atomic E-state index is 0.0605.